The zero-order valence-corrected chi connectivity index (χ0v) is 12.5. The lowest BCUT2D eigenvalue weighted by Gasteiger charge is -2.20. The predicted molar refractivity (Wildman–Crippen MR) is 72.9 cm³/mol. The van der Waals surface area contributed by atoms with Crippen LogP contribution < -0.4 is 0 Å². The molecule has 0 saturated heterocycles. The molecule has 0 aliphatic heterocycles. The van der Waals surface area contributed by atoms with Crippen LogP contribution in [-0.4, -0.2) is 31.3 Å². The van der Waals surface area contributed by atoms with E-state index in [0.717, 1.165) is 0 Å². The molecule has 2 rings (SSSR count). The summed E-state index contributed by atoms with van der Waals surface area (Å²) in [5.41, 5.74) is -0.582. The van der Waals surface area contributed by atoms with Crippen molar-refractivity contribution >= 4 is 33.5 Å². The molecule has 1 aromatic heterocycles. The lowest BCUT2D eigenvalue weighted by Crippen LogP contribution is -2.37. The van der Waals surface area contributed by atoms with Gasteiger partial charge in [0, 0.05) is 15.1 Å². The summed E-state index contributed by atoms with van der Waals surface area (Å²) in [7, 11) is 0. The molecule has 0 amide bonds. The fourth-order valence-electron chi connectivity index (χ4n) is 1.49. The van der Waals surface area contributed by atoms with Gasteiger partial charge in [-0.1, -0.05) is 11.6 Å². The van der Waals surface area contributed by atoms with Gasteiger partial charge in [0.25, 0.3) is 0 Å². The lowest BCUT2D eigenvalue weighted by molar-refractivity contribution is -0.146. The van der Waals surface area contributed by atoms with Crippen molar-refractivity contribution in [3.05, 3.63) is 27.7 Å². The minimum absolute atomic E-state index is 0.357. The maximum Gasteiger partial charge on any atom is 0.331 e. The van der Waals surface area contributed by atoms with Crippen LogP contribution in [0.5, 0.6) is 0 Å². The smallest absolute Gasteiger partial charge is 0.331 e. The normalized spacial score (nSPS) is 11.6. The second kappa shape index (κ2) is 4.90. The summed E-state index contributed by atoms with van der Waals surface area (Å²) in [5.74, 6) is -0.665. The van der Waals surface area contributed by atoms with Crippen LogP contribution in [-0.2, 0) is 10.3 Å². The van der Waals surface area contributed by atoms with E-state index in [0.29, 0.717) is 20.9 Å². The molecule has 0 spiro atoms. The van der Waals surface area contributed by atoms with Crippen molar-refractivity contribution in [3.8, 4) is 11.4 Å². The molecule has 0 atom stereocenters. The first-order valence-corrected chi connectivity index (χ1v) is 6.49. The third-order valence-electron chi connectivity index (χ3n) is 2.69. The van der Waals surface area contributed by atoms with E-state index in [2.05, 4.69) is 31.5 Å². The molecule has 8 heteroatoms. The van der Waals surface area contributed by atoms with Gasteiger partial charge in [-0.3, -0.25) is 0 Å². The highest BCUT2D eigenvalue weighted by molar-refractivity contribution is 9.10. The fraction of sp³-hybridized carbons (Fsp3) is 0.273. The van der Waals surface area contributed by atoms with Gasteiger partial charge in [-0.15, -0.1) is 5.10 Å². The minimum atomic E-state index is -1.25. The molecule has 0 fully saturated rings. The van der Waals surface area contributed by atoms with Gasteiger partial charge in [0.2, 0.25) is 0 Å². The van der Waals surface area contributed by atoms with Crippen molar-refractivity contribution in [1.82, 2.24) is 20.2 Å². The highest BCUT2D eigenvalue weighted by Gasteiger charge is 2.34. The molecule has 0 bridgehead atoms. The van der Waals surface area contributed by atoms with Crippen molar-refractivity contribution in [3.63, 3.8) is 0 Å². The van der Waals surface area contributed by atoms with Crippen molar-refractivity contribution in [1.29, 1.82) is 0 Å². The standard InChI is InChI=1S/C11H10BrClN4O2/c1-11(2,10(18)19)17-9(14-15-16-17)7-4-3-6(13)5-8(7)12/h3-5H,1-2H3,(H,18,19). The van der Waals surface area contributed by atoms with E-state index < -0.39 is 11.5 Å². The van der Waals surface area contributed by atoms with Crippen molar-refractivity contribution in [2.24, 2.45) is 0 Å². The van der Waals surface area contributed by atoms with E-state index in [9.17, 15) is 9.90 Å². The Morgan fingerprint density at radius 1 is 1.47 bits per heavy atom. The molecular weight excluding hydrogens is 336 g/mol. The van der Waals surface area contributed by atoms with E-state index in [4.69, 9.17) is 11.6 Å². The zero-order chi connectivity index (χ0) is 14.2. The summed E-state index contributed by atoms with van der Waals surface area (Å²) < 4.78 is 1.96. The first-order valence-electron chi connectivity index (χ1n) is 5.31. The summed E-state index contributed by atoms with van der Waals surface area (Å²) in [6.07, 6.45) is 0. The Kier molecular flexibility index (Phi) is 3.60. The van der Waals surface area contributed by atoms with Gasteiger partial charge in [0.05, 0.1) is 0 Å². The molecular formula is C11H10BrClN4O2. The lowest BCUT2D eigenvalue weighted by atomic mass is 10.1. The third-order valence-corrected chi connectivity index (χ3v) is 3.59. The fourth-order valence-corrected chi connectivity index (χ4v) is 2.35. The van der Waals surface area contributed by atoms with Gasteiger partial charge in [0.1, 0.15) is 0 Å². The molecule has 0 aliphatic rings. The molecule has 1 aromatic carbocycles. The van der Waals surface area contributed by atoms with Crippen LogP contribution in [0, 0.1) is 0 Å². The number of hydrogen-bond acceptors (Lipinski definition) is 4. The van der Waals surface area contributed by atoms with Crippen LogP contribution in [0.1, 0.15) is 13.8 Å². The maximum absolute atomic E-state index is 11.3. The largest absolute Gasteiger partial charge is 0.479 e. The number of carboxylic acids is 1. The van der Waals surface area contributed by atoms with Gasteiger partial charge in [-0.25, -0.2) is 9.48 Å². The van der Waals surface area contributed by atoms with Gasteiger partial charge in [-0.05, 0) is 58.4 Å². The van der Waals surface area contributed by atoms with Crippen LogP contribution in [0.25, 0.3) is 11.4 Å². The van der Waals surface area contributed by atoms with E-state index in [1.54, 1.807) is 18.2 Å². The number of rotatable bonds is 3. The van der Waals surface area contributed by atoms with Crippen LogP contribution in [0.3, 0.4) is 0 Å². The summed E-state index contributed by atoms with van der Waals surface area (Å²) in [6.45, 7) is 3.05. The molecule has 6 nitrogen and oxygen atoms in total. The molecule has 19 heavy (non-hydrogen) atoms. The third kappa shape index (κ3) is 2.48. The molecule has 1 heterocycles. The van der Waals surface area contributed by atoms with Gasteiger partial charge in [-0.2, -0.15) is 0 Å². The Hall–Kier alpha value is -1.47. The Bertz CT molecular complexity index is 641. The SMILES string of the molecule is CC(C)(C(=O)O)n1nnnc1-c1ccc(Cl)cc1Br. The monoisotopic (exact) mass is 344 g/mol. The zero-order valence-electron chi connectivity index (χ0n) is 10.1. The number of carbonyl (C=O) groups is 1. The van der Waals surface area contributed by atoms with Crippen molar-refractivity contribution < 1.29 is 9.90 Å². The van der Waals surface area contributed by atoms with Gasteiger partial charge < -0.3 is 5.11 Å². The van der Waals surface area contributed by atoms with E-state index >= 15 is 0 Å². The highest BCUT2D eigenvalue weighted by Crippen LogP contribution is 2.31. The van der Waals surface area contributed by atoms with Crippen LogP contribution in [0.15, 0.2) is 22.7 Å². The quantitative estimate of drug-likeness (QED) is 0.924. The minimum Gasteiger partial charge on any atom is -0.479 e. The van der Waals surface area contributed by atoms with E-state index in [-0.39, 0.29) is 0 Å². The topological polar surface area (TPSA) is 80.9 Å². The van der Waals surface area contributed by atoms with E-state index in [1.165, 1.54) is 18.5 Å². The predicted octanol–water partition coefficient (Wildman–Crippen LogP) is 2.58. The summed E-state index contributed by atoms with van der Waals surface area (Å²) in [6, 6.07) is 5.12. The Balaban J connectivity index is 2.60. The second-order valence-corrected chi connectivity index (χ2v) is 5.69. The molecule has 1 N–H and O–H groups in total. The molecule has 0 unspecified atom stereocenters. The maximum atomic E-state index is 11.3. The van der Waals surface area contributed by atoms with Gasteiger partial charge in [0.15, 0.2) is 11.4 Å². The average molecular weight is 346 g/mol. The number of tetrazole rings is 1. The summed E-state index contributed by atoms with van der Waals surface area (Å²) in [4.78, 5) is 11.3. The number of nitrogens with zero attached hydrogens (tertiary/aromatic N) is 4. The summed E-state index contributed by atoms with van der Waals surface area (Å²) in [5, 5.41) is 21.0. The van der Waals surface area contributed by atoms with Crippen LogP contribution in [0.2, 0.25) is 5.02 Å². The van der Waals surface area contributed by atoms with Crippen molar-refractivity contribution in [2.45, 2.75) is 19.4 Å². The number of halogens is 2. The molecule has 0 radical (unpaired) electrons. The molecule has 0 aliphatic carbocycles. The molecule has 2 aromatic rings. The van der Waals surface area contributed by atoms with Crippen LogP contribution >= 0.6 is 27.5 Å². The van der Waals surface area contributed by atoms with Crippen LogP contribution in [0.4, 0.5) is 0 Å². The highest BCUT2D eigenvalue weighted by atomic mass is 79.9. The number of benzene rings is 1. The number of aliphatic carboxylic acids is 1. The second-order valence-electron chi connectivity index (χ2n) is 4.40. The average Bonchev–Trinajstić information content (AvgIpc) is 2.78. The first-order chi connectivity index (χ1) is 8.84. The first kappa shape index (κ1) is 14.0. The van der Waals surface area contributed by atoms with Gasteiger partial charge >= 0.3 is 5.97 Å². The molecule has 0 saturated carbocycles. The number of carboxylic acid groups (broad SMARTS) is 1. The Morgan fingerprint density at radius 2 is 2.16 bits per heavy atom. The Morgan fingerprint density at radius 3 is 2.74 bits per heavy atom. The number of hydrogen-bond donors (Lipinski definition) is 1. The number of aromatic nitrogens is 4. The van der Waals surface area contributed by atoms with Crippen molar-refractivity contribution in [2.75, 3.05) is 0 Å². The summed E-state index contributed by atoms with van der Waals surface area (Å²) >= 11 is 9.24. The Labute approximate surface area is 122 Å². The molecule has 100 valence electrons. The van der Waals surface area contributed by atoms with E-state index in [1.807, 2.05) is 0 Å².